The van der Waals surface area contributed by atoms with Crippen LogP contribution >= 0.6 is 0 Å². The van der Waals surface area contributed by atoms with E-state index < -0.39 is 10.1 Å². The second kappa shape index (κ2) is 8.01. The van der Waals surface area contributed by atoms with Crippen molar-refractivity contribution in [3.05, 3.63) is 29.8 Å². The van der Waals surface area contributed by atoms with Crippen molar-refractivity contribution in [3.63, 3.8) is 0 Å². The van der Waals surface area contributed by atoms with Crippen LogP contribution in [0.2, 0.25) is 0 Å². The summed E-state index contributed by atoms with van der Waals surface area (Å²) in [4.78, 5) is 14.5. The van der Waals surface area contributed by atoms with Gasteiger partial charge in [-0.1, -0.05) is 39.8 Å². The molecule has 1 aromatic carbocycles. The van der Waals surface area contributed by atoms with Crippen LogP contribution in [0.25, 0.3) is 0 Å². The van der Waals surface area contributed by atoms with Gasteiger partial charge < -0.3 is 9.08 Å². The highest BCUT2D eigenvalue weighted by Gasteiger charge is 2.24. The molecule has 0 aliphatic carbocycles. The molecule has 1 rings (SSSR count). The van der Waals surface area contributed by atoms with E-state index in [0.29, 0.717) is 13.0 Å². The Balaban J connectivity index is 2.89. The van der Waals surface area contributed by atoms with Crippen molar-refractivity contribution < 1.29 is 17.4 Å². The molecule has 0 radical (unpaired) electrons. The van der Waals surface area contributed by atoms with Crippen molar-refractivity contribution in [2.45, 2.75) is 60.0 Å². The lowest BCUT2D eigenvalue weighted by atomic mass is 9.91. The lowest BCUT2D eigenvalue weighted by Crippen LogP contribution is -2.39. The van der Waals surface area contributed by atoms with Crippen LogP contribution in [0.5, 0.6) is 5.75 Å². The first-order chi connectivity index (χ1) is 10.9. The van der Waals surface area contributed by atoms with Crippen LogP contribution in [-0.2, 0) is 21.5 Å². The van der Waals surface area contributed by atoms with E-state index in [-0.39, 0.29) is 23.1 Å². The second-order valence-corrected chi connectivity index (χ2v) is 9.02. The summed E-state index contributed by atoms with van der Waals surface area (Å²) in [6.45, 7) is 10.8. The normalized spacial score (nSPS) is 13.4. The van der Waals surface area contributed by atoms with Gasteiger partial charge in [0.05, 0.1) is 6.26 Å². The molecule has 5 nitrogen and oxygen atoms in total. The molecule has 1 amide bonds. The van der Waals surface area contributed by atoms with E-state index in [1.165, 1.54) is 0 Å². The van der Waals surface area contributed by atoms with E-state index in [4.69, 9.17) is 4.18 Å². The van der Waals surface area contributed by atoms with Gasteiger partial charge in [-0.15, -0.1) is 0 Å². The SMILES string of the molecule is CC[C@H](C)N(Cc1ccc(OS(C)(=O)=O)cc1)C(=O)CC(C)(C)C. The molecule has 0 spiro atoms. The summed E-state index contributed by atoms with van der Waals surface area (Å²) in [5, 5.41) is 0. The number of nitrogens with zero attached hydrogens (tertiary/aromatic N) is 1. The Labute approximate surface area is 146 Å². The minimum Gasteiger partial charge on any atom is -0.383 e. The fraction of sp³-hybridized carbons (Fsp3) is 0.611. The van der Waals surface area contributed by atoms with Gasteiger partial charge in [-0.3, -0.25) is 4.79 Å². The fourth-order valence-corrected chi connectivity index (χ4v) is 2.75. The zero-order valence-electron chi connectivity index (χ0n) is 15.5. The van der Waals surface area contributed by atoms with Gasteiger partial charge in [0, 0.05) is 19.0 Å². The zero-order valence-corrected chi connectivity index (χ0v) is 16.3. The Morgan fingerprint density at radius 2 is 1.75 bits per heavy atom. The summed E-state index contributed by atoms with van der Waals surface area (Å²) in [5.41, 5.74) is 0.883. The quantitative estimate of drug-likeness (QED) is 0.701. The standard InChI is InChI=1S/C18H29NO4S/c1-7-14(2)19(17(20)12-18(3,4)5)13-15-8-10-16(11-9-15)23-24(6,21)22/h8-11,14H,7,12-13H2,1-6H3/t14-/m0/s1. The van der Waals surface area contributed by atoms with Crippen LogP contribution in [0.3, 0.4) is 0 Å². The molecule has 0 N–H and O–H groups in total. The second-order valence-electron chi connectivity index (χ2n) is 7.45. The Morgan fingerprint density at radius 1 is 1.21 bits per heavy atom. The Kier molecular flexibility index (Phi) is 6.84. The Hall–Kier alpha value is -1.56. The predicted octanol–water partition coefficient (Wildman–Crippen LogP) is 3.59. The maximum Gasteiger partial charge on any atom is 0.306 e. The molecule has 0 bridgehead atoms. The van der Waals surface area contributed by atoms with Crippen LogP contribution < -0.4 is 4.18 Å². The number of rotatable bonds is 7. The van der Waals surface area contributed by atoms with Gasteiger partial charge in [-0.25, -0.2) is 0 Å². The fourth-order valence-electron chi connectivity index (χ4n) is 2.29. The van der Waals surface area contributed by atoms with E-state index in [1.807, 2.05) is 11.8 Å². The summed E-state index contributed by atoms with van der Waals surface area (Å²) in [5.74, 6) is 0.408. The molecule has 0 saturated carbocycles. The van der Waals surface area contributed by atoms with Gasteiger partial charge in [-0.2, -0.15) is 8.42 Å². The third-order valence-corrected chi connectivity index (χ3v) is 4.14. The van der Waals surface area contributed by atoms with Gasteiger partial charge in [0.15, 0.2) is 0 Å². The topological polar surface area (TPSA) is 63.7 Å². The van der Waals surface area contributed by atoms with Crippen molar-refractivity contribution in [2.75, 3.05) is 6.26 Å². The summed E-state index contributed by atoms with van der Waals surface area (Å²) >= 11 is 0. The first-order valence-corrected chi connectivity index (χ1v) is 10.0. The molecule has 1 aromatic rings. The van der Waals surface area contributed by atoms with Crippen LogP contribution in [0, 0.1) is 5.41 Å². The summed E-state index contributed by atoms with van der Waals surface area (Å²) in [7, 11) is -3.53. The average Bonchev–Trinajstić information content (AvgIpc) is 2.42. The smallest absolute Gasteiger partial charge is 0.306 e. The first-order valence-electron chi connectivity index (χ1n) is 8.19. The number of benzene rings is 1. The molecule has 0 aliphatic rings. The van der Waals surface area contributed by atoms with E-state index in [9.17, 15) is 13.2 Å². The monoisotopic (exact) mass is 355 g/mol. The highest BCUT2D eigenvalue weighted by Crippen LogP contribution is 2.23. The molecule has 0 fully saturated rings. The van der Waals surface area contributed by atoms with Gasteiger partial charge in [0.2, 0.25) is 5.91 Å². The molecule has 0 heterocycles. The maximum absolute atomic E-state index is 12.6. The van der Waals surface area contributed by atoms with Gasteiger partial charge in [0.25, 0.3) is 0 Å². The molecule has 24 heavy (non-hydrogen) atoms. The predicted molar refractivity (Wildman–Crippen MR) is 96.3 cm³/mol. The molecule has 6 heteroatoms. The van der Waals surface area contributed by atoms with Crippen molar-refractivity contribution in [3.8, 4) is 5.75 Å². The van der Waals surface area contributed by atoms with Crippen molar-refractivity contribution in [1.29, 1.82) is 0 Å². The summed E-state index contributed by atoms with van der Waals surface area (Å²) in [6.07, 6.45) is 2.38. The Morgan fingerprint density at radius 3 is 2.17 bits per heavy atom. The third-order valence-electron chi connectivity index (χ3n) is 3.65. The number of hydrogen-bond acceptors (Lipinski definition) is 4. The summed E-state index contributed by atoms with van der Waals surface area (Å²) < 4.78 is 27.1. The number of carbonyl (C=O) groups is 1. The van der Waals surface area contributed by atoms with Crippen LogP contribution in [0.1, 0.15) is 53.0 Å². The van der Waals surface area contributed by atoms with Gasteiger partial charge in [-0.05, 0) is 36.5 Å². The maximum atomic E-state index is 12.6. The average molecular weight is 356 g/mol. The van der Waals surface area contributed by atoms with Crippen LogP contribution in [0.15, 0.2) is 24.3 Å². The van der Waals surface area contributed by atoms with Gasteiger partial charge in [0.1, 0.15) is 5.75 Å². The van der Waals surface area contributed by atoms with Gasteiger partial charge >= 0.3 is 10.1 Å². The zero-order chi connectivity index (χ0) is 18.5. The molecule has 1 atom stereocenters. The number of amides is 1. The van der Waals surface area contributed by atoms with Crippen molar-refractivity contribution >= 4 is 16.0 Å². The number of hydrogen-bond donors (Lipinski definition) is 0. The van der Waals surface area contributed by atoms with Crippen LogP contribution in [-0.4, -0.2) is 31.5 Å². The van der Waals surface area contributed by atoms with E-state index in [1.54, 1.807) is 24.3 Å². The summed E-state index contributed by atoms with van der Waals surface area (Å²) in [6, 6.07) is 6.95. The molecule has 0 aromatic heterocycles. The molecule has 136 valence electrons. The van der Waals surface area contributed by atoms with E-state index >= 15 is 0 Å². The molecular formula is C18H29NO4S. The Bertz CT molecular complexity index is 645. The van der Waals surface area contributed by atoms with Crippen molar-refractivity contribution in [1.82, 2.24) is 4.90 Å². The highest BCUT2D eigenvalue weighted by molar-refractivity contribution is 7.86. The molecular weight excluding hydrogens is 326 g/mol. The molecule has 0 aliphatic heterocycles. The first kappa shape index (κ1) is 20.5. The van der Waals surface area contributed by atoms with E-state index in [0.717, 1.165) is 18.2 Å². The van der Waals surface area contributed by atoms with E-state index in [2.05, 4.69) is 27.7 Å². The van der Waals surface area contributed by atoms with Crippen LogP contribution in [0.4, 0.5) is 0 Å². The third kappa shape index (κ3) is 7.34. The molecule has 0 unspecified atom stereocenters. The largest absolute Gasteiger partial charge is 0.383 e. The minimum absolute atomic E-state index is 0.0595. The van der Waals surface area contributed by atoms with Crippen molar-refractivity contribution in [2.24, 2.45) is 5.41 Å². The lowest BCUT2D eigenvalue weighted by molar-refractivity contribution is -0.135. The number of carbonyl (C=O) groups excluding carboxylic acids is 1. The minimum atomic E-state index is -3.53. The molecule has 0 saturated heterocycles. The highest BCUT2D eigenvalue weighted by atomic mass is 32.2. The lowest BCUT2D eigenvalue weighted by Gasteiger charge is -2.31.